The largest absolute Gasteiger partial charge is 0.465 e. The molecule has 1 aliphatic heterocycles. The Labute approximate surface area is 146 Å². The van der Waals surface area contributed by atoms with Gasteiger partial charge in [0, 0.05) is 12.7 Å². The Bertz CT molecular complexity index is 932. The van der Waals surface area contributed by atoms with Gasteiger partial charge in [0.2, 0.25) is 0 Å². The molecule has 0 spiro atoms. The van der Waals surface area contributed by atoms with Gasteiger partial charge in [-0.25, -0.2) is 4.98 Å². The van der Waals surface area contributed by atoms with Gasteiger partial charge in [-0.3, -0.25) is 4.98 Å². The Morgan fingerprint density at radius 2 is 2.04 bits per heavy atom. The van der Waals surface area contributed by atoms with Crippen molar-refractivity contribution in [3.8, 4) is 11.4 Å². The van der Waals surface area contributed by atoms with Crippen molar-refractivity contribution in [1.82, 2.24) is 14.5 Å². The van der Waals surface area contributed by atoms with E-state index in [0.29, 0.717) is 5.76 Å². The third kappa shape index (κ3) is 3.01. The standard InChI is InChI=1S/C20H19N3O2/c1-14-7-6-10-16(22-14)19-20(23(2)13-21-19)18-12-24-11-17(25-18)15-8-4-3-5-9-15/h3-4,6-8,10-13H,5,9H2,1-2H3. The van der Waals surface area contributed by atoms with Crippen LogP contribution in [0.15, 0.2) is 66.6 Å². The number of imidazole rings is 1. The molecular weight excluding hydrogens is 314 g/mol. The molecule has 5 nitrogen and oxygen atoms in total. The number of hydrogen-bond acceptors (Lipinski definition) is 4. The topological polar surface area (TPSA) is 49.2 Å². The molecule has 0 radical (unpaired) electrons. The summed E-state index contributed by atoms with van der Waals surface area (Å²) >= 11 is 0. The Kier molecular flexibility index (Phi) is 3.98. The fourth-order valence-electron chi connectivity index (χ4n) is 2.96. The second-order valence-corrected chi connectivity index (χ2v) is 6.08. The van der Waals surface area contributed by atoms with Crippen molar-refractivity contribution < 1.29 is 9.47 Å². The first kappa shape index (κ1) is 15.4. The first-order valence-corrected chi connectivity index (χ1v) is 8.28. The van der Waals surface area contributed by atoms with Crippen LogP contribution in [0.3, 0.4) is 0 Å². The van der Waals surface area contributed by atoms with E-state index in [-0.39, 0.29) is 0 Å². The highest BCUT2D eigenvalue weighted by molar-refractivity contribution is 5.73. The molecule has 0 bridgehead atoms. The average Bonchev–Trinajstić information content (AvgIpc) is 3.04. The lowest BCUT2D eigenvalue weighted by Crippen LogP contribution is -2.07. The summed E-state index contributed by atoms with van der Waals surface area (Å²) in [6.07, 6.45) is 13.2. The Morgan fingerprint density at radius 3 is 2.84 bits per heavy atom. The number of nitrogens with zero attached hydrogens (tertiary/aromatic N) is 3. The normalized spacial score (nSPS) is 16.5. The summed E-state index contributed by atoms with van der Waals surface area (Å²) in [5, 5.41) is 0. The summed E-state index contributed by atoms with van der Waals surface area (Å²) in [4.78, 5) is 9.11. The molecule has 2 aromatic rings. The van der Waals surface area contributed by atoms with E-state index >= 15 is 0 Å². The van der Waals surface area contributed by atoms with Gasteiger partial charge in [-0.1, -0.05) is 24.3 Å². The summed E-state index contributed by atoms with van der Waals surface area (Å²) < 4.78 is 13.6. The SMILES string of the molecule is Cc1cccc(-c2ncn(C)c2C2=COC=C(C3=CC=CCC3)O2)n1. The van der Waals surface area contributed by atoms with Crippen LogP contribution in [0.2, 0.25) is 0 Å². The number of ether oxygens (including phenoxy) is 2. The molecule has 0 amide bonds. The van der Waals surface area contributed by atoms with Crippen LogP contribution in [0.5, 0.6) is 0 Å². The molecule has 5 heteroatoms. The molecule has 2 aromatic heterocycles. The van der Waals surface area contributed by atoms with Crippen molar-refractivity contribution in [2.75, 3.05) is 0 Å². The minimum absolute atomic E-state index is 0.631. The van der Waals surface area contributed by atoms with Gasteiger partial charge in [-0.2, -0.15) is 0 Å². The van der Waals surface area contributed by atoms with Gasteiger partial charge in [-0.05, 0) is 37.5 Å². The highest BCUT2D eigenvalue weighted by atomic mass is 16.5. The zero-order valence-electron chi connectivity index (χ0n) is 14.3. The molecule has 25 heavy (non-hydrogen) atoms. The van der Waals surface area contributed by atoms with E-state index in [2.05, 4.69) is 22.1 Å². The van der Waals surface area contributed by atoms with Crippen LogP contribution >= 0.6 is 0 Å². The highest BCUT2D eigenvalue weighted by Gasteiger charge is 2.23. The summed E-state index contributed by atoms with van der Waals surface area (Å²) in [7, 11) is 1.94. The number of allylic oxidation sites excluding steroid dienone is 4. The van der Waals surface area contributed by atoms with Crippen LogP contribution < -0.4 is 0 Å². The van der Waals surface area contributed by atoms with Gasteiger partial charge in [-0.15, -0.1) is 0 Å². The maximum atomic E-state index is 6.15. The minimum Gasteiger partial charge on any atom is -0.465 e. The second kappa shape index (κ2) is 6.43. The maximum Gasteiger partial charge on any atom is 0.188 e. The lowest BCUT2D eigenvalue weighted by molar-refractivity contribution is 0.283. The molecule has 0 unspecified atom stereocenters. The molecule has 0 fully saturated rings. The van der Waals surface area contributed by atoms with Crippen molar-refractivity contribution in [3.05, 3.63) is 78.0 Å². The fraction of sp³-hybridized carbons (Fsp3) is 0.200. The van der Waals surface area contributed by atoms with Crippen molar-refractivity contribution in [3.63, 3.8) is 0 Å². The van der Waals surface area contributed by atoms with Crippen molar-refractivity contribution in [2.24, 2.45) is 7.05 Å². The predicted octanol–water partition coefficient (Wildman–Crippen LogP) is 4.25. The molecule has 4 rings (SSSR count). The Hall–Kier alpha value is -3.08. The van der Waals surface area contributed by atoms with Crippen LogP contribution in [-0.2, 0) is 16.5 Å². The molecule has 0 saturated heterocycles. The molecule has 0 aromatic carbocycles. The van der Waals surface area contributed by atoms with Gasteiger partial charge in [0.15, 0.2) is 11.5 Å². The fourth-order valence-corrected chi connectivity index (χ4v) is 2.96. The molecular formula is C20H19N3O2. The van der Waals surface area contributed by atoms with Gasteiger partial charge < -0.3 is 14.0 Å². The van der Waals surface area contributed by atoms with Gasteiger partial charge in [0.1, 0.15) is 23.9 Å². The molecule has 3 heterocycles. The van der Waals surface area contributed by atoms with Gasteiger partial charge >= 0.3 is 0 Å². The van der Waals surface area contributed by atoms with E-state index in [1.165, 1.54) is 0 Å². The molecule has 0 atom stereocenters. The molecule has 1 aliphatic carbocycles. The van der Waals surface area contributed by atoms with Gasteiger partial charge in [0.25, 0.3) is 0 Å². The van der Waals surface area contributed by atoms with E-state index in [4.69, 9.17) is 9.47 Å². The van der Waals surface area contributed by atoms with Crippen LogP contribution in [0.1, 0.15) is 24.2 Å². The number of rotatable bonds is 3. The van der Waals surface area contributed by atoms with Crippen molar-refractivity contribution in [2.45, 2.75) is 19.8 Å². The Balaban J connectivity index is 1.69. The molecule has 126 valence electrons. The summed E-state index contributed by atoms with van der Waals surface area (Å²) in [6, 6.07) is 5.90. The lowest BCUT2D eigenvalue weighted by Gasteiger charge is -2.20. The molecule has 0 saturated carbocycles. The first-order chi connectivity index (χ1) is 12.2. The molecule has 2 aliphatic rings. The van der Waals surface area contributed by atoms with Crippen molar-refractivity contribution >= 4 is 5.76 Å². The van der Waals surface area contributed by atoms with E-state index in [1.807, 2.05) is 42.8 Å². The van der Waals surface area contributed by atoms with Crippen LogP contribution in [0, 0.1) is 6.92 Å². The zero-order valence-corrected chi connectivity index (χ0v) is 14.3. The van der Waals surface area contributed by atoms with E-state index in [1.54, 1.807) is 18.9 Å². The van der Waals surface area contributed by atoms with E-state index in [0.717, 1.165) is 46.9 Å². The summed E-state index contributed by atoms with van der Waals surface area (Å²) in [6.45, 7) is 1.97. The van der Waals surface area contributed by atoms with Crippen LogP contribution in [0.4, 0.5) is 0 Å². The number of aromatic nitrogens is 3. The third-order valence-corrected chi connectivity index (χ3v) is 4.20. The monoisotopic (exact) mass is 333 g/mol. The van der Waals surface area contributed by atoms with E-state index < -0.39 is 0 Å². The van der Waals surface area contributed by atoms with Crippen LogP contribution in [0.25, 0.3) is 17.1 Å². The highest BCUT2D eigenvalue weighted by Crippen LogP contribution is 2.33. The van der Waals surface area contributed by atoms with E-state index in [9.17, 15) is 0 Å². The number of hydrogen-bond donors (Lipinski definition) is 0. The predicted molar refractivity (Wildman–Crippen MR) is 95.9 cm³/mol. The van der Waals surface area contributed by atoms with Gasteiger partial charge in [0.05, 0.1) is 12.0 Å². The zero-order chi connectivity index (χ0) is 17.2. The van der Waals surface area contributed by atoms with Crippen molar-refractivity contribution in [1.29, 1.82) is 0 Å². The smallest absolute Gasteiger partial charge is 0.188 e. The number of aryl methyl sites for hydroxylation is 2. The lowest BCUT2D eigenvalue weighted by atomic mass is 10.0. The Morgan fingerprint density at radius 1 is 1.16 bits per heavy atom. The number of pyridine rings is 1. The average molecular weight is 333 g/mol. The maximum absolute atomic E-state index is 6.15. The minimum atomic E-state index is 0.631. The second-order valence-electron chi connectivity index (χ2n) is 6.08. The summed E-state index contributed by atoms with van der Waals surface area (Å²) in [5.74, 6) is 1.37. The first-order valence-electron chi connectivity index (χ1n) is 8.28. The summed E-state index contributed by atoms with van der Waals surface area (Å²) in [5.41, 5.74) is 4.51. The van der Waals surface area contributed by atoms with Crippen LogP contribution in [-0.4, -0.2) is 14.5 Å². The third-order valence-electron chi connectivity index (χ3n) is 4.20. The quantitative estimate of drug-likeness (QED) is 0.842. The molecule has 0 N–H and O–H groups in total.